The molecule has 2 rings (SSSR count). The summed E-state index contributed by atoms with van der Waals surface area (Å²) >= 11 is 5.23. The summed E-state index contributed by atoms with van der Waals surface area (Å²) in [6.07, 6.45) is 6.09. The lowest BCUT2D eigenvalue weighted by Gasteiger charge is -1.99. The molecule has 2 unspecified atom stereocenters. The van der Waals surface area contributed by atoms with Gasteiger partial charge in [-0.3, -0.25) is 0 Å². The Morgan fingerprint density at radius 2 is 2.46 bits per heavy atom. The molecule has 0 aromatic carbocycles. The van der Waals surface area contributed by atoms with Crippen LogP contribution in [0.25, 0.3) is 0 Å². The van der Waals surface area contributed by atoms with Gasteiger partial charge in [-0.25, -0.2) is 0 Å². The zero-order chi connectivity index (χ0) is 9.42. The molecule has 0 aliphatic heterocycles. The molecule has 72 valence electrons. The average Bonchev–Trinajstić information content (AvgIpc) is 2.73. The molecule has 1 aromatic heterocycles. The van der Waals surface area contributed by atoms with Crippen molar-refractivity contribution in [3.05, 3.63) is 16.7 Å². The molecule has 0 radical (unpaired) electrons. The first-order valence-corrected chi connectivity index (χ1v) is 5.41. The van der Waals surface area contributed by atoms with Crippen molar-refractivity contribution in [1.82, 2.24) is 9.55 Å². The molecule has 1 fully saturated rings. The van der Waals surface area contributed by atoms with Gasteiger partial charge in [0, 0.05) is 17.9 Å². The predicted octanol–water partition coefficient (Wildman–Crippen LogP) is 3.22. The minimum absolute atomic E-state index is 0.692. The Morgan fingerprint density at radius 1 is 1.69 bits per heavy atom. The van der Waals surface area contributed by atoms with Crippen LogP contribution in [-0.4, -0.2) is 9.55 Å². The molecule has 1 N–H and O–H groups in total. The number of nitrogens with one attached hydrogen (secondary N) is 1. The maximum Gasteiger partial charge on any atom is 0.177 e. The molecular formula is C10H16N2S. The van der Waals surface area contributed by atoms with E-state index in [0.717, 1.165) is 10.7 Å². The fourth-order valence-electron chi connectivity index (χ4n) is 2.03. The van der Waals surface area contributed by atoms with E-state index in [1.54, 1.807) is 0 Å². The van der Waals surface area contributed by atoms with E-state index in [1.807, 2.05) is 0 Å². The van der Waals surface area contributed by atoms with Gasteiger partial charge in [-0.2, -0.15) is 0 Å². The van der Waals surface area contributed by atoms with E-state index in [4.69, 9.17) is 12.2 Å². The Kier molecular flexibility index (Phi) is 2.28. The fraction of sp³-hybridized carbons (Fsp3) is 0.700. The highest BCUT2D eigenvalue weighted by atomic mass is 32.1. The maximum atomic E-state index is 5.23. The van der Waals surface area contributed by atoms with Gasteiger partial charge in [0.1, 0.15) is 0 Å². The topological polar surface area (TPSA) is 20.7 Å². The molecule has 13 heavy (non-hydrogen) atoms. The molecular weight excluding hydrogens is 180 g/mol. The number of rotatable bonds is 3. The van der Waals surface area contributed by atoms with Gasteiger partial charge in [0.05, 0.1) is 0 Å². The number of hydrogen-bond donors (Lipinski definition) is 1. The molecule has 2 nitrogen and oxygen atoms in total. The monoisotopic (exact) mass is 196 g/mol. The normalized spacial score (nSPS) is 26.3. The fourth-order valence-corrected chi connectivity index (χ4v) is 2.38. The van der Waals surface area contributed by atoms with Crippen LogP contribution in [0.15, 0.2) is 6.20 Å². The van der Waals surface area contributed by atoms with Crippen molar-refractivity contribution in [1.29, 1.82) is 0 Å². The summed E-state index contributed by atoms with van der Waals surface area (Å²) in [4.78, 5) is 3.17. The van der Waals surface area contributed by atoms with E-state index >= 15 is 0 Å². The van der Waals surface area contributed by atoms with Crippen LogP contribution >= 0.6 is 12.2 Å². The van der Waals surface area contributed by atoms with Gasteiger partial charge < -0.3 is 9.55 Å². The van der Waals surface area contributed by atoms with Crippen molar-refractivity contribution < 1.29 is 0 Å². The first-order valence-electron chi connectivity index (χ1n) is 5.00. The van der Waals surface area contributed by atoms with Gasteiger partial charge in [0.25, 0.3) is 0 Å². The molecule has 1 heterocycles. The lowest BCUT2D eigenvalue weighted by atomic mass is 10.2. The van der Waals surface area contributed by atoms with Crippen molar-refractivity contribution in [2.45, 2.75) is 39.2 Å². The summed E-state index contributed by atoms with van der Waals surface area (Å²) < 4.78 is 3.12. The lowest BCUT2D eigenvalue weighted by molar-refractivity contribution is 0.603. The Labute approximate surface area is 84.0 Å². The maximum absolute atomic E-state index is 5.23. The molecule has 2 atom stereocenters. The predicted molar refractivity (Wildman–Crippen MR) is 56.4 cm³/mol. The van der Waals surface area contributed by atoms with Crippen LogP contribution in [0.5, 0.6) is 0 Å². The van der Waals surface area contributed by atoms with Crippen LogP contribution in [0.4, 0.5) is 0 Å². The quantitative estimate of drug-likeness (QED) is 0.736. The van der Waals surface area contributed by atoms with Gasteiger partial charge in [0.15, 0.2) is 4.77 Å². The summed E-state index contributed by atoms with van der Waals surface area (Å²) in [6.45, 7) is 4.31. The Hall–Kier alpha value is -0.570. The molecule has 0 spiro atoms. The standard InChI is InChI=1S/C10H16N2S/c1-3-4-8-5-9(8)12-6-7(2)11-10(12)13/h6,8-9H,3-5H2,1-2H3,(H,11,13). The van der Waals surface area contributed by atoms with Gasteiger partial charge in [-0.15, -0.1) is 0 Å². The number of aromatic nitrogens is 2. The number of H-pyrrole nitrogens is 1. The van der Waals surface area contributed by atoms with Gasteiger partial charge in [-0.05, 0) is 37.9 Å². The van der Waals surface area contributed by atoms with Crippen molar-refractivity contribution in [2.24, 2.45) is 5.92 Å². The Balaban J connectivity index is 2.11. The van der Waals surface area contributed by atoms with Crippen molar-refractivity contribution in [3.8, 4) is 0 Å². The SMILES string of the molecule is CCCC1CC1n1cc(C)[nH]c1=S. The Bertz CT molecular complexity index is 350. The second kappa shape index (κ2) is 3.29. The van der Waals surface area contributed by atoms with Crippen molar-refractivity contribution in [3.63, 3.8) is 0 Å². The van der Waals surface area contributed by atoms with Gasteiger partial charge in [0.2, 0.25) is 0 Å². The van der Waals surface area contributed by atoms with Crippen LogP contribution in [0.1, 0.15) is 37.9 Å². The number of nitrogens with zero attached hydrogens (tertiary/aromatic N) is 1. The summed E-state index contributed by atoms with van der Waals surface area (Å²) in [5.74, 6) is 0.881. The molecule has 0 bridgehead atoms. The molecule has 1 saturated carbocycles. The molecule has 3 heteroatoms. The highest BCUT2D eigenvalue weighted by Gasteiger charge is 2.37. The summed E-state index contributed by atoms with van der Waals surface area (Å²) in [6, 6.07) is 0.692. The summed E-state index contributed by atoms with van der Waals surface area (Å²) in [7, 11) is 0. The molecule has 1 aromatic rings. The van der Waals surface area contributed by atoms with Crippen LogP contribution in [-0.2, 0) is 0 Å². The smallest absolute Gasteiger partial charge is 0.177 e. The lowest BCUT2D eigenvalue weighted by Crippen LogP contribution is -1.94. The molecule has 1 aliphatic rings. The van der Waals surface area contributed by atoms with E-state index in [0.29, 0.717) is 6.04 Å². The summed E-state index contributed by atoms with van der Waals surface area (Å²) in [5.41, 5.74) is 1.17. The largest absolute Gasteiger partial charge is 0.335 e. The molecule has 0 amide bonds. The van der Waals surface area contributed by atoms with E-state index < -0.39 is 0 Å². The summed E-state index contributed by atoms with van der Waals surface area (Å²) in [5, 5.41) is 0. The average molecular weight is 196 g/mol. The first-order chi connectivity index (χ1) is 6.22. The zero-order valence-corrected chi connectivity index (χ0v) is 9.03. The third kappa shape index (κ3) is 1.70. The van der Waals surface area contributed by atoms with E-state index in [9.17, 15) is 0 Å². The third-order valence-electron chi connectivity index (χ3n) is 2.77. The second-order valence-corrected chi connectivity index (χ2v) is 4.39. The molecule has 0 saturated heterocycles. The number of hydrogen-bond acceptors (Lipinski definition) is 1. The second-order valence-electron chi connectivity index (χ2n) is 4.00. The third-order valence-corrected chi connectivity index (χ3v) is 3.09. The van der Waals surface area contributed by atoms with Crippen molar-refractivity contribution in [2.75, 3.05) is 0 Å². The van der Waals surface area contributed by atoms with Crippen LogP contribution in [0.2, 0.25) is 0 Å². The van der Waals surface area contributed by atoms with Crippen molar-refractivity contribution >= 4 is 12.2 Å². The highest BCUT2D eigenvalue weighted by Crippen LogP contribution is 2.46. The van der Waals surface area contributed by atoms with Crippen LogP contribution < -0.4 is 0 Å². The first kappa shape index (κ1) is 9.00. The highest BCUT2D eigenvalue weighted by molar-refractivity contribution is 7.71. The number of imidazole rings is 1. The minimum Gasteiger partial charge on any atom is -0.335 e. The van der Waals surface area contributed by atoms with Gasteiger partial charge >= 0.3 is 0 Å². The number of aromatic amines is 1. The van der Waals surface area contributed by atoms with Crippen LogP contribution in [0.3, 0.4) is 0 Å². The van der Waals surface area contributed by atoms with E-state index in [2.05, 4.69) is 29.6 Å². The van der Waals surface area contributed by atoms with Gasteiger partial charge in [-0.1, -0.05) is 13.3 Å². The van der Waals surface area contributed by atoms with E-state index in [1.165, 1.54) is 25.0 Å². The Morgan fingerprint density at radius 3 is 3.00 bits per heavy atom. The van der Waals surface area contributed by atoms with Crippen LogP contribution in [0, 0.1) is 17.6 Å². The van der Waals surface area contributed by atoms with E-state index in [-0.39, 0.29) is 0 Å². The minimum atomic E-state index is 0.692. The molecule has 1 aliphatic carbocycles. The zero-order valence-electron chi connectivity index (χ0n) is 8.21. The number of aryl methyl sites for hydroxylation is 1.